The quantitative estimate of drug-likeness (QED) is 0.842. The van der Waals surface area contributed by atoms with E-state index in [1.165, 1.54) is 0 Å². The normalized spacial score (nSPS) is 13.6. The molecular weight excluding hydrogens is 356 g/mol. The van der Waals surface area contributed by atoms with Crippen molar-refractivity contribution in [3.63, 3.8) is 0 Å². The molecule has 2 aromatic carbocycles. The number of hydrogen-bond acceptors (Lipinski definition) is 4. The Labute approximate surface area is 156 Å². The highest BCUT2D eigenvalue weighted by atomic mass is 35.5. The molecule has 1 heterocycles. The van der Waals surface area contributed by atoms with Gasteiger partial charge in [-0.25, -0.2) is 0 Å². The van der Waals surface area contributed by atoms with Crippen LogP contribution in [0.25, 0.3) is 0 Å². The summed E-state index contributed by atoms with van der Waals surface area (Å²) in [5.74, 6) is 0.622. The molecule has 26 heavy (non-hydrogen) atoms. The van der Waals surface area contributed by atoms with Crippen LogP contribution in [-0.2, 0) is 4.79 Å². The lowest BCUT2D eigenvalue weighted by atomic mass is 10.1. The Morgan fingerprint density at radius 1 is 1.12 bits per heavy atom. The number of rotatable bonds is 5. The van der Waals surface area contributed by atoms with Gasteiger partial charge in [-0.15, -0.1) is 0 Å². The lowest BCUT2D eigenvalue weighted by Gasteiger charge is -2.20. The van der Waals surface area contributed by atoms with Crippen molar-refractivity contribution in [2.24, 2.45) is 0 Å². The van der Waals surface area contributed by atoms with Gasteiger partial charge >= 0.3 is 0 Å². The fourth-order valence-corrected chi connectivity index (χ4v) is 2.79. The Morgan fingerprint density at radius 2 is 1.77 bits per heavy atom. The molecule has 6 nitrogen and oxygen atoms in total. The first-order chi connectivity index (χ1) is 12.5. The third-order valence-electron chi connectivity index (χ3n) is 3.81. The summed E-state index contributed by atoms with van der Waals surface area (Å²) in [7, 11) is 0. The highest BCUT2D eigenvalue weighted by Crippen LogP contribution is 2.37. The van der Waals surface area contributed by atoms with Crippen LogP contribution < -0.4 is 20.1 Å². The van der Waals surface area contributed by atoms with Gasteiger partial charge in [-0.2, -0.15) is 0 Å². The van der Waals surface area contributed by atoms with Crippen LogP contribution in [-0.4, -0.2) is 31.1 Å². The number of ether oxygens (including phenoxy) is 2. The van der Waals surface area contributed by atoms with Crippen molar-refractivity contribution in [3.8, 4) is 11.5 Å². The first-order valence-electron chi connectivity index (χ1n) is 8.28. The topological polar surface area (TPSA) is 76.7 Å². The number of amides is 2. The third-order valence-corrected chi connectivity index (χ3v) is 4.12. The van der Waals surface area contributed by atoms with Gasteiger partial charge in [0.05, 0.1) is 10.7 Å². The van der Waals surface area contributed by atoms with Crippen LogP contribution in [0.15, 0.2) is 42.5 Å². The predicted octanol–water partition coefficient (Wildman–Crippen LogP) is 3.26. The second kappa shape index (κ2) is 8.10. The zero-order chi connectivity index (χ0) is 18.5. The molecule has 0 saturated heterocycles. The Kier molecular flexibility index (Phi) is 5.63. The van der Waals surface area contributed by atoms with Gasteiger partial charge in [0.25, 0.3) is 5.91 Å². The van der Waals surface area contributed by atoms with E-state index in [0.717, 1.165) is 0 Å². The smallest absolute Gasteiger partial charge is 0.251 e. The summed E-state index contributed by atoms with van der Waals surface area (Å²) >= 11 is 6.19. The van der Waals surface area contributed by atoms with Crippen molar-refractivity contribution in [3.05, 3.63) is 53.1 Å². The lowest BCUT2D eigenvalue weighted by Crippen LogP contribution is -2.35. The molecule has 0 bridgehead atoms. The molecule has 1 atom stereocenters. The molecule has 0 radical (unpaired) electrons. The maximum Gasteiger partial charge on any atom is 0.251 e. The van der Waals surface area contributed by atoms with E-state index in [1.807, 2.05) is 6.07 Å². The van der Waals surface area contributed by atoms with Gasteiger partial charge in [0, 0.05) is 30.2 Å². The Morgan fingerprint density at radius 3 is 2.46 bits per heavy atom. The molecule has 3 rings (SSSR count). The molecule has 1 aliphatic heterocycles. The van der Waals surface area contributed by atoms with Crippen molar-refractivity contribution in [2.75, 3.05) is 18.5 Å². The van der Waals surface area contributed by atoms with Crippen LogP contribution in [0.5, 0.6) is 11.5 Å². The van der Waals surface area contributed by atoms with E-state index in [9.17, 15) is 9.59 Å². The van der Waals surface area contributed by atoms with E-state index in [1.54, 1.807) is 43.3 Å². The molecule has 0 spiro atoms. The molecule has 7 heteroatoms. The summed E-state index contributed by atoms with van der Waals surface area (Å²) in [5.41, 5.74) is 0.997. The second-order valence-corrected chi connectivity index (χ2v) is 6.38. The van der Waals surface area contributed by atoms with Crippen LogP contribution >= 0.6 is 11.6 Å². The van der Waals surface area contributed by atoms with Gasteiger partial charge in [-0.1, -0.05) is 29.8 Å². The van der Waals surface area contributed by atoms with E-state index < -0.39 is 0 Å². The predicted molar refractivity (Wildman–Crippen MR) is 99.1 cm³/mol. The second-order valence-electron chi connectivity index (χ2n) is 5.97. The number of hydrogen-bond donors (Lipinski definition) is 2. The first-order valence-corrected chi connectivity index (χ1v) is 8.65. The minimum Gasteiger partial charge on any atom is -0.486 e. The fourth-order valence-electron chi connectivity index (χ4n) is 2.59. The van der Waals surface area contributed by atoms with E-state index in [2.05, 4.69) is 10.6 Å². The minimum absolute atomic E-state index is 0.114. The Hall–Kier alpha value is -2.73. The van der Waals surface area contributed by atoms with Crippen LogP contribution in [0.2, 0.25) is 5.02 Å². The molecular formula is C19H19ClN2O4. The number of anilines is 1. The summed E-state index contributed by atoms with van der Waals surface area (Å²) in [6.45, 7) is 2.68. The number of halogens is 1. The highest BCUT2D eigenvalue weighted by molar-refractivity contribution is 6.34. The van der Waals surface area contributed by atoms with Crippen molar-refractivity contribution < 1.29 is 19.1 Å². The van der Waals surface area contributed by atoms with Crippen LogP contribution in [0, 0.1) is 0 Å². The average Bonchev–Trinajstić information content (AvgIpc) is 2.62. The number of carbonyl (C=O) groups excluding carboxylic acids is 2. The largest absolute Gasteiger partial charge is 0.486 e. The zero-order valence-electron chi connectivity index (χ0n) is 14.3. The van der Waals surface area contributed by atoms with Gasteiger partial charge in [-0.05, 0) is 19.1 Å². The van der Waals surface area contributed by atoms with Crippen LogP contribution in [0.4, 0.5) is 5.69 Å². The highest BCUT2D eigenvalue weighted by Gasteiger charge is 2.18. The zero-order valence-corrected chi connectivity index (χ0v) is 15.0. The molecule has 2 aromatic rings. The lowest BCUT2D eigenvalue weighted by molar-refractivity contribution is -0.116. The van der Waals surface area contributed by atoms with E-state index in [0.29, 0.717) is 41.0 Å². The van der Waals surface area contributed by atoms with Crippen molar-refractivity contribution in [1.29, 1.82) is 0 Å². The third kappa shape index (κ3) is 4.46. The van der Waals surface area contributed by atoms with E-state index in [-0.39, 0.29) is 24.3 Å². The average molecular weight is 375 g/mol. The molecule has 2 amide bonds. The Balaban J connectivity index is 1.57. The van der Waals surface area contributed by atoms with Crippen LogP contribution in [0.3, 0.4) is 0 Å². The van der Waals surface area contributed by atoms with Gasteiger partial charge < -0.3 is 20.1 Å². The van der Waals surface area contributed by atoms with Gasteiger partial charge in [0.2, 0.25) is 5.91 Å². The summed E-state index contributed by atoms with van der Waals surface area (Å²) in [5, 5.41) is 5.91. The summed E-state index contributed by atoms with van der Waals surface area (Å²) in [4.78, 5) is 24.4. The maximum absolute atomic E-state index is 12.3. The minimum atomic E-state index is -0.335. The molecule has 0 aliphatic carbocycles. The fraction of sp³-hybridized carbons (Fsp3) is 0.263. The first kappa shape index (κ1) is 18.1. The number of benzene rings is 2. The molecule has 0 saturated carbocycles. The van der Waals surface area contributed by atoms with E-state index >= 15 is 0 Å². The molecule has 1 aliphatic rings. The maximum atomic E-state index is 12.3. The molecule has 136 valence electrons. The number of carbonyl (C=O) groups is 2. The summed E-state index contributed by atoms with van der Waals surface area (Å²) in [6.07, 6.45) is 0.114. The monoisotopic (exact) mass is 374 g/mol. The van der Waals surface area contributed by atoms with E-state index in [4.69, 9.17) is 21.1 Å². The number of nitrogens with one attached hydrogen (secondary N) is 2. The van der Waals surface area contributed by atoms with Crippen molar-refractivity contribution in [2.45, 2.75) is 19.4 Å². The summed E-state index contributed by atoms with van der Waals surface area (Å²) < 4.78 is 10.9. The number of fused-ring (bicyclic) bond motifs is 1. The SMILES string of the molecule is CC(CC(=O)Nc1cc2c(cc1Cl)OCCO2)NC(=O)c1ccccc1. The molecule has 1 unspecified atom stereocenters. The van der Waals surface area contributed by atoms with Gasteiger partial charge in [-0.3, -0.25) is 9.59 Å². The molecule has 0 aromatic heterocycles. The standard InChI is InChI=1S/C19H19ClN2O4/c1-12(21-19(24)13-5-3-2-4-6-13)9-18(23)22-15-11-17-16(10-14(15)20)25-7-8-26-17/h2-6,10-12H,7-9H2,1H3,(H,21,24)(H,22,23). The van der Waals surface area contributed by atoms with Crippen LogP contribution in [0.1, 0.15) is 23.7 Å². The van der Waals surface area contributed by atoms with Gasteiger partial charge in [0.1, 0.15) is 13.2 Å². The molecule has 0 fully saturated rings. The summed E-state index contributed by atoms with van der Waals surface area (Å²) in [6, 6.07) is 11.8. The van der Waals surface area contributed by atoms with Crippen molar-refractivity contribution >= 4 is 29.1 Å². The Bertz CT molecular complexity index is 811. The molecule has 2 N–H and O–H groups in total. The van der Waals surface area contributed by atoms with Gasteiger partial charge in [0.15, 0.2) is 11.5 Å². The van der Waals surface area contributed by atoms with Crippen molar-refractivity contribution in [1.82, 2.24) is 5.32 Å².